The summed E-state index contributed by atoms with van der Waals surface area (Å²) in [5, 5.41) is 3.62. The summed E-state index contributed by atoms with van der Waals surface area (Å²) in [5.41, 5.74) is 5.30. The molecule has 1 aromatic heterocycles. The molecule has 0 spiro atoms. The lowest BCUT2D eigenvalue weighted by molar-refractivity contribution is -0.115. The minimum absolute atomic E-state index is 0.0553. The molecule has 0 radical (unpaired) electrons. The van der Waals surface area contributed by atoms with Gasteiger partial charge in [0.1, 0.15) is 0 Å². The molecule has 3 aromatic carbocycles. The van der Waals surface area contributed by atoms with Crippen LogP contribution < -0.4 is 5.32 Å². The van der Waals surface area contributed by atoms with Crippen LogP contribution in [-0.4, -0.2) is 10.9 Å². The van der Waals surface area contributed by atoms with E-state index in [4.69, 9.17) is 4.98 Å². The summed E-state index contributed by atoms with van der Waals surface area (Å²) in [4.78, 5) is 18.5. The van der Waals surface area contributed by atoms with Crippen LogP contribution in [0.1, 0.15) is 30.9 Å². The minimum Gasteiger partial charge on any atom is -0.302 e. The lowest BCUT2D eigenvalue weighted by atomic mass is 10.0. The van der Waals surface area contributed by atoms with Gasteiger partial charge in [0.25, 0.3) is 0 Å². The quantitative estimate of drug-likeness (QED) is 0.379. The van der Waals surface area contributed by atoms with Gasteiger partial charge in [-0.1, -0.05) is 110 Å². The van der Waals surface area contributed by atoms with Gasteiger partial charge in [-0.15, -0.1) is 0 Å². The van der Waals surface area contributed by atoms with Gasteiger partial charge in [0.2, 0.25) is 5.91 Å². The summed E-state index contributed by atoms with van der Waals surface area (Å²) in [5.74, 6) is 0.427. The fourth-order valence-electron chi connectivity index (χ4n) is 3.32. The molecule has 0 aliphatic heterocycles. The Labute approximate surface area is 181 Å². The van der Waals surface area contributed by atoms with E-state index in [1.165, 1.54) is 16.9 Å². The maximum Gasteiger partial charge on any atom is 0.230 e. The largest absolute Gasteiger partial charge is 0.302 e. The normalized spacial score (nSPS) is 10.9. The lowest BCUT2D eigenvalue weighted by Gasteiger charge is -2.06. The summed E-state index contributed by atoms with van der Waals surface area (Å²) in [6.07, 6.45) is 0.333. The number of nitrogens with one attached hydrogen (secondary N) is 1. The van der Waals surface area contributed by atoms with E-state index in [9.17, 15) is 4.79 Å². The smallest absolute Gasteiger partial charge is 0.230 e. The molecule has 4 aromatic rings. The summed E-state index contributed by atoms with van der Waals surface area (Å²) in [6, 6.07) is 28.5. The second-order valence-electron chi connectivity index (χ2n) is 7.55. The van der Waals surface area contributed by atoms with Crippen molar-refractivity contribution >= 4 is 22.4 Å². The van der Waals surface area contributed by atoms with Gasteiger partial charge >= 0.3 is 0 Å². The average molecular weight is 413 g/mol. The molecule has 0 unspecified atom stereocenters. The zero-order chi connectivity index (χ0) is 20.9. The number of carbonyl (C=O) groups is 1. The van der Waals surface area contributed by atoms with E-state index in [1.807, 2.05) is 60.7 Å². The fraction of sp³-hybridized carbons (Fsp3) is 0.154. The Morgan fingerprint density at radius 2 is 1.47 bits per heavy atom. The molecule has 4 heteroatoms. The number of rotatable bonds is 6. The zero-order valence-corrected chi connectivity index (χ0v) is 17.9. The van der Waals surface area contributed by atoms with Gasteiger partial charge in [-0.05, 0) is 22.6 Å². The van der Waals surface area contributed by atoms with Gasteiger partial charge in [-0.25, -0.2) is 4.98 Å². The topological polar surface area (TPSA) is 42.0 Å². The van der Waals surface area contributed by atoms with Crippen LogP contribution in [0.15, 0.2) is 84.9 Å². The zero-order valence-electron chi connectivity index (χ0n) is 17.1. The van der Waals surface area contributed by atoms with Crippen molar-refractivity contribution in [2.24, 2.45) is 0 Å². The van der Waals surface area contributed by atoms with Crippen molar-refractivity contribution in [1.82, 2.24) is 4.98 Å². The van der Waals surface area contributed by atoms with Crippen molar-refractivity contribution in [3.05, 3.63) is 96.1 Å². The average Bonchev–Trinajstić information content (AvgIpc) is 3.19. The van der Waals surface area contributed by atoms with Crippen LogP contribution in [0.2, 0.25) is 0 Å². The molecule has 4 rings (SSSR count). The predicted molar refractivity (Wildman–Crippen MR) is 126 cm³/mol. The van der Waals surface area contributed by atoms with Gasteiger partial charge in [-0.3, -0.25) is 4.79 Å². The Morgan fingerprint density at radius 3 is 2.07 bits per heavy atom. The highest BCUT2D eigenvalue weighted by Gasteiger charge is 2.16. The number of hydrogen-bond donors (Lipinski definition) is 1. The third-order valence-electron chi connectivity index (χ3n) is 4.97. The Bertz CT molecular complexity index is 1060. The highest BCUT2D eigenvalue weighted by Crippen LogP contribution is 2.38. The SMILES string of the molecule is CC(C)c1ccc(CC(=O)Nc2nc(-c3ccccc3)c(-c3ccccc3)s2)cc1. The van der Waals surface area contributed by atoms with Crippen molar-refractivity contribution in [3.63, 3.8) is 0 Å². The van der Waals surface area contributed by atoms with E-state index in [2.05, 4.69) is 43.4 Å². The predicted octanol–water partition coefficient (Wildman–Crippen LogP) is 6.78. The number of carbonyl (C=O) groups excluding carboxylic acids is 1. The molecule has 0 fully saturated rings. The van der Waals surface area contributed by atoms with Crippen LogP contribution in [0.25, 0.3) is 21.7 Å². The number of benzene rings is 3. The highest BCUT2D eigenvalue weighted by molar-refractivity contribution is 7.19. The molecule has 0 aliphatic carbocycles. The standard InChI is InChI=1S/C26H24N2OS/c1-18(2)20-15-13-19(14-16-20)17-23(29)27-26-28-24(21-9-5-3-6-10-21)25(30-26)22-11-7-4-8-12-22/h3-16,18H,17H2,1-2H3,(H,27,28,29). The first kappa shape index (κ1) is 20.0. The fourth-order valence-corrected chi connectivity index (χ4v) is 4.33. The Kier molecular flexibility index (Phi) is 6.05. The van der Waals surface area contributed by atoms with Gasteiger partial charge in [0.05, 0.1) is 17.0 Å². The third kappa shape index (κ3) is 4.66. The number of hydrogen-bond acceptors (Lipinski definition) is 3. The van der Waals surface area contributed by atoms with Crippen molar-refractivity contribution < 1.29 is 4.79 Å². The molecular formula is C26H24N2OS. The van der Waals surface area contributed by atoms with Gasteiger partial charge in [0.15, 0.2) is 5.13 Å². The van der Waals surface area contributed by atoms with Gasteiger partial charge in [-0.2, -0.15) is 0 Å². The van der Waals surface area contributed by atoms with Crippen LogP contribution in [0, 0.1) is 0 Å². The summed E-state index contributed by atoms with van der Waals surface area (Å²) in [6.45, 7) is 4.33. The number of anilines is 1. The maximum absolute atomic E-state index is 12.6. The number of nitrogens with zero attached hydrogens (tertiary/aromatic N) is 1. The molecule has 1 N–H and O–H groups in total. The summed E-state index contributed by atoms with van der Waals surface area (Å²) in [7, 11) is 0. The Balaban J connectivity index is 1.57. The van der Waals surface area contributed by atoms with Crippen molar-refractivity contribution in [1.29, 1.82) is 0 Å². The molecule has 150 valence electrons. The molecule has 0 bridgehead atoms. The van der Waals surface area contributed by atoms with Crippen LogP contribution in [0.4, 0.5) is 5.13 Å². The third-order valence-corrected chi connectivity index (χ3v) is 5.99. The van der Waals surface area contributed by atoms with Crippen LogP contribution in [-0.2, 0) is 11.2 Å². The first-order valence-corrected chi connectivity index (χ1v) is 10.9. The molecule has 1 heterocycles. The Morgan fingerprint density at radius 1 is 0.867 bits per heavy atom. The van der Waals surface area contributed by atoms with E-state index in [-0.39, 0.29) is 5.91 Å². The number of aromatic nitrogens is 1. The van der Waals surface area contributed by atoms with Crippen LogP contribution in [0.5, 0.6) is 0 Å². The van der Waals surface area contributed by atoms with E-state index >= 15 is 0 Å². The molecule has 0 saturated carbocycles. The molecule has 30 heavy (non-hydrogen) atoms. The van der Waals surface area contributed by atoms with Crippen molar-refractivity contribution in [3.8, 4) is 21.7 Å². The molecule has 0 atom stereocenters. The molecule has 0 saturated heterocycles. The van der Waals surface area contributed by atoms with Crippen LogP contribution in [0.3, 0.4) is 0 Å². The number of amides is 1. The van der Waals surface area contributed by atoms with Crippen molar-refractivity contribution in [2.45, 2.75) is 26.2 Å². The highest BCUT2D eigenvalue weighted by atomic mass is 32.1. The minimum atomic E-state index is -0.0553. The van der Waals surface area contributed by atoms with Crippen LogP contribution >= 0.6 is 11.3 Å². The second-order valence-corrected chi connectivity index (χ2v) is 8.55. The van der Waals surface area contributed by atoms with E-state index < -0.39 is 0 Å². The van der Waals surface area contributed by atoms with E-state index in [0.717, 1.165) is 27.3 Å². The lowest BCUT2D eigenvalue weighted by Crippen LogP contribution is -2.14. The molecular weight excluding hydrogens is 388 g/mol. The first-order chi connectivity index (χ1) is 14.6. The van der Waals surface area contributed by atoms with Crippen molar-refractivity contribution in [2.75, 3.05) is 5.32 Å². The van der Waals surface area contributed by atoms with E-state index in [1.54, 1.807) is 0 Å². The molecule has 1 amide bonds. The summed E-state index contributed by atoms with van der Waals surface area (Å²) < 4.78 is 0. The molecule has 0 aliphatic rings. The van der Waals surface area contributed by atoms with Gasteiger partial charge in [0, 0.05) is 5.56 Å². The summed E-state index contributed by atoms with van der Waals surface area (Å²) >= 11 is 1.51. The second kappa shape index (κ2) is 9.06. The molecule has 3 nitrogen and oxygen atoms in total. The van der Waals surface area contributed by atoms with Gasteiger partial charge < -0.3 is 5.32 Å². The maximum atomic E-state index is 12.6. The first-order valence-electron chi connectivity index (χ1n) is 10.1. The Hall–Kier alpha value is -3.24. The monoisotopic (exact) mass is 412 g/mol. The number of thiazole rings is 1. The van der Waals surface area contributed by atoms with E-state index in [0.29, 0.717) is 17.5 Å².